The Morgan fingerprint density at radius 1 is 0.889 bits per heavy atom. The number of aryl methyl sites for hydroxylation is 1. The van der Waals surface area contributed by atoms with Gasteiger partial charge in [0.1, 0.15) is 24.2 Å². The standard InChI is InChI=1S/C27H26O9/c1-4-16-30-22-9-6-20(7-10-22)27(33-29)21-8-15-25(19(3)17-21)35-36-34-24-13-11-23(12-14-24)31-18-32-26(28)5-2/h4-15,17,27,29H,1-2,16,18H2,3H3. The molecule has 0 aliphatic carbocycles. The van der Waals surface area contributed by atoms with Crippen LogP contribution in [0.1, 0.15) is 22.8 Å². The Hall–Kier alpha value is -4.31. The Bertz CT molecular complexity index is 1140. The van der Waals surface area contributed by atoms with Crippen LogP contribution in [0, 0.1) is 6.92 Å². The number of carbonyl (C=O) groups is 1. The fourth-order valence-electron chi connectivity index (χ4n) is 3.04. The molecule has 1 N–H and O–H groups in total. The quantitative estimate of drug-likeness (QED) is 0.0776. The first-order valence-corrected chi connectivity index (χ1v) is 10.8. The Kier molecular flexibility index (Phi) is 9.89. The molecular weight excluding hydrogens is 468 g/mol. The van der Waals surface area contributed by atoms with Gasteiger partial charge >= 0.3 is 5.97 Å². The lowest BCUT2D eigenvalue weighted by Gasteiger charge is -2.16. The molecule has 0 aliphatic rings. The summed E-state index contributed by atoms with van der Waals surface area (Å²) in [5, 5.41) is 14.4. The van der Waals surface area contributed by atoms with E-state index < -0.39 is 12.1 Å². The van der Waals surface area contributed by atoms with Crippen molar-refractivity contribution < 1.29 is 44.0 Å². The van der Waals surface area contributed by atoms with Crippen molar-refractivity contribution in [3.05, 3.63) is 109 Å². The predicted octanol–water partition coefficient (Wildman–Crippen LogP) is 5.51. The molecule has 0 fully saturated rings. The predicted molar refractivity (Wildman–Crippen MR) is 129 cm³/mol. The summed E-state index contributed by atoms with van der Waals surface area (Å²) >= 11 is 0. The molecule has 0 aliphatic heterocycles. The maximum absolute atomic E-state index is 11.0. The van der Waals surface area contributed by atoms with Crippen molar-refractivity contribution in [2.75, 3.05) is 13.4 Å². The van der Waals surface area contributed by atoms with Crippen LogP contribution in [0.2, 0.25) is 0 Å². The minimum absolute atomic E-state index is 0.239. The van der Waals surface area contributed by atoms with E-state index in [0.29, 0.717) is 35.2 Å². The van der Waals surface area contributed by atoms with Gasteiger partial charge in [0.15, 0.2) is 11.5 Å². The van der Waals surface area contributed by atoms with Gasteiger partial charge in [-0.15, -0.1) is 0 Å². The van der Waals surface area contributed by atoms with Gasteiger partial charge in [-0.05, 0) is 72.1 Å². The van der Waals surface area contributed by atoms with E-state index in [4.69, 9.17) is 33.9 Å². The number of benzene rings is 3. The van der Waals surface area contributed by atoms with Gasteiger partial charge in [0.25, 0.3) is 0 Å². The highest BCUT2D eigenvalue weighted by Gasteiger charge is 2.17. The molecule has 3 rings (SSSR count). The molecule has 0 saturated carbocycles. The van der Waals surface area contributed by atoms with Crippen molar-refractivity contribution >= 4 is 5.97 Å². The van der Waals surface area contributed by atoms with Crippen molar-refractivity contribution in [3.63, 3.8) is 0 Å². The maximum atomic E-state index is 11.0. The second-order valence-corrected chi connectivity index (χ2v) is 7.31. The smallest absolute Gasteiger partial charge is 0.333 e. The second-order valence-electron chi connectivity index (χ2n) is 7.31. The van der Waals surface area contributed by atoms with E-state index in [9.17, 15) is 10.1 Å². The molecule has 0 spiro atoms. The number of hydrogen-bond acceptors (Lipinski definition) is 9. The van der Waals surface area contributed by atoms with Crippen LogP contribution in [0.25, 0.3) is 0 Å². The second kappa shape index (κ2) is 13.5. The molecule has 36 heavy (non-hydrogen) atoms. The molecule has 188 valence electrons. The summed E-state index contributed by atoms with van der Waals surface area (Å²) in [5.74, 6) is 1.34. The lowest BCUT2D eigenvalue weighted by molar-refractivity contribution is -0.411. The normalized spacial score (nSPS) is 11.2. The number of hydrogen-bond donors (Lipinski definition) is 1. The molecule has 0 aromatic heterocycles. The van der Waals surface area contributed by atoms with Gasteiger partial charge < -0.3 is 14.2 Å². The third kappa shape index (κ3) is 7.60. The summed E-state index contributed by atoms with van der Waals surface area (Å²) < 4.78 is 15.5. The van der Waals surface area contributed by atoms with Crippen LogP contribution in [0.5, 0.6) is 23.0 Å². The summed E-state index contributed by atoms with van der Waals surface area (Å²) in [7, 11) is 0. The van der Waals surface area contributed by atoms with Crippen LogP contribution in [0.4, 0.5) is 0 Å². The van der Waals surface area contributed by atoms with Crippen molar-refractivity contribution in [2.45, 2.75) is 13.0 Å². The molecule has 1 atom stereocenters. The Morgan fingerprint density at radius 2 is 1.53 bits per heavy atom. The van der Waals surface area contributed by atoms with Crippen molar-refractivity contribution in [1.29, 1.82) is 0 Å². The fraction of sp³-hybridized carbons (Fsp3) is 0.148. The minimum Gasteiger partial charge on any atom is -0.490 e. The number of ether oxygens (including phenoxy) is 3. The van der Waals surface area contributed by atoms with E-state index in [2.05, 4.69) is 13.2 Å². The van der Waals surface area contributed by atoms with Crippen molar-refractivity contribution in [1.82, 2.24) is 0 Å². The zero-order valence-electron chi connectivity index (χ0n) is 19.6. The molecule has 0 heterocycles. The highest BCUT2D eigenvalue weighted by Crippen LogP contribution is 2.30. The van der Waals surface area contributed by atoms with Crippen molar-refractivity contribution in [2.24, 2.45) is 0 Å². The summed E-state index contributed by atoms with van der Waals surface area (Å²) in [6.45, 7) is 8.89. The average molecular weight is 494 g/mol. The highest BCUT2D eigenvalue weighted by molar-refractivity contribution is 5.81. The third-order valence-electron chi connectivity index (χ3n) is 4.83. The zero-order chi connectivity index (χ0) is 25.8. The van der Waals surface area contributed by atoms with Crippen LogP contribution in [-0.2, 0) is 19.5 Å². The molecule has 3 aromatic carbocycles. The third-order valence-corrected chi connectivity index (χ3v) is 4.83. The van der Waals surface area contributed by atoms with Gasteiger partial charge in [0.05, 0.1) is 0 Å². The first kappa shape index (κ1) is 26.3. The topological polar surface area (TPSA) is 102 Å². The van der Waals surface area contributed by atoms with E-state index in [0.717, 1.165) is 17.2 Å². The van der Waals surface area contributed by atoms with E-state index >= 15 is 0 Å². The highest BCUT2D eigenvalue weighted by atomic mass is 17.5. The lowest BCUT2D eigenvalue weighted by atomic mass is 9.99. The van der Waals surface area contributed by atoms with E-state index in [1.54, 1.807) is 72.8 Å². The molecule has 1 unspecified atom stereocenters. The van der Waals surface area contributed by atoms with Crippen LogP contribution in [0.15, 0.2) is 92.0 Å². The summed E-state index contributed by atoms with van der Waals surface area (Å²) in [4.78, 5) is 26.1. The Morgan fingerprint density at radius 3 is 2.17 bits per heavy atom. The minimum atomic E-state index is -0.704. The average Bonchev–Trinajstić information content (AvgIpc) is 2.90. The Balaban J connectivity index is 1.53. The summed E-state index contributed by atoms with van der Waals surface area (Å²) in [6.07, 6.45) is 2.00. The van der Waals surface area contributed by atoms with Gasteiger partial charge in [-0.25, -0.2) is 9.68 Å². The van der Waals surface area contributed by atoms with Gasteiger partial charge in [-0.2, -0.15) is 0 Å². The number of rotatable bonds is 14. The van der Waals surface area contributed by atoms with E-state index in [1.807, 2.05) is 6.92 Å². The molecule has 0 radical (unpaired) electrons. The number of esters is 1. The van der Waals surface area contributed by atoms with E-state index in [-0.39, 0.29) is 6.79 Å². The first-order chi connectivity index (χ1) is 17.5. The van der Waals surface area contributed by atoms with Crippen LogP contribution >= 0.6 is 0 Å². The van der Waals surface area contributed by atoms with Gasteiger partial charge in [-0.3, -0.25) is 15.0 Å². The zero-order valence-corrected chi connectivity index (χ0v) is 19.6. The molecule has 9 nitrogen and oxygen atoms in total. The molecule has 3 aromatic rings. The van der Waals surface area contributed by atoms with Gasteiger partial charge in [0.2, 0.25) is 6.79 Å². The first-order valence-electron chi connectivity index (χ1n) is 10.8. The lowest BCUT2D eigenvalue weighted by Crippen LogP contribution is -2.07. The van der Waals surface area contributed by atoms with Crippen LogP contribution in [-0.4, -0.2) is 24.6 Å². The van der Waals surface area contributed by atoms with E-state index in [1.165, 1.54) is 0 Å². The molecular formula is C27H26O9. The molecule has 0 saturated heterocycles. The summed E-state index contributed by atoms with van der Waals surface area (Å²) in [6, 6.07) is 18.8. The number of carbonyl (C=O) groups excluding carboxylic acids is 1. The van der Waals surface area contributed by atoms with Crippen molar-refractivity contribution in [3.8, 4) is 23.0 Å². The van der Waals surface area contributed by atoms with Crippen LogP contribution < -0.4 is 19.2 Å². The largest absolute Gasteiger partial charge is 0.490 e. The Labute approximate surface area is 208 Å². The SMILES string of the molecule is C=CCOc1ccc(C(OO)c2ccc(OOOc3ccc(OCOC(=O)C=C)cc3)c(C)c2)cc1. The molecule has 0 amide bonds. The monoisotopic (exact) mass is 494 g/mol. The van der Waals surface area contributed by atoms with Gasteiger partial charge in [-0.1, -0.05) is 37.4 Å². The summed E-state index contributed by atoms with van der Waals surface area (Å²) in [5.41, 5.74) is 2.17. The fourth-order valence-corrected chi connectivity index (χ4v) is 3.04. The van der Waals surface area contributed by atoms with Gasteiger partial charge in [0, 0.05) is 11.1 Å². The maximum Gasteiger partial charge on any atom is 0.333 e. The molecule has 0 bridgehead atoms. The van der Waals surface area contributed by atoms with Crippen LogP contribution in [0.3, 0.4) is 0 Å². The molecule has 9 heteroatoms.